The summed E-state index contributed by atoms with van der Waals surface area (Å²) in [5.74, 6) is 0. The van der Waals surface area contributed by atoms with Crippen LogP contribution < -0.4 is 0 Å². The van der Waals surface area contributed by atoms with Crippen LogP contribution in [0.2, 0.25) is 0 Å². The summed E-state index contributed by atoms with van der Waals surface area (Å²) < 4.78 is 0. The minimum Gasteiger partial charge on any atom is -0.396 e. The molecule has 5 heteroatoms. The summed E-state index contributed by atoms with van der Waals surface area (Å²) >= 11 is 6.03. The van der Waals surface area contributed by atoms with Crippen LogP contribution >= 0.6 is 11.6 Å². The van der Waals surface area contributed by atoms with Crippen LogP contribution in [0.1, 0.15) is 10.9 Å². The van der Waals surface area contributed by atoms with Crippen molar-refractivity contribution in [2.75, 3.05) is 6.61 Å². The van der Waals surface area contributed by atoms with Gasteiger partial charge in [0.2, 0.25) is 0 Å². The predicted octanol–water partition coefficient (Wildman–Crippen LogP) is 2.64. The highest BCUT2D eigenvalue weighted by molar-refractivity contribution is 6.21. The van der Waals surface area contributed by atoms with Crippen LogP contribution in [0, 0.1) is 0 Å². The summed E-state index contributed by atoms with van der Waals surface area (Å²) in [5.41, 5.74) is 9.09. The number of halogens is 1. The van der Waals surface area contributed by atoms with E-state index in [4.69, 9.17) is 22.2 Å². The lowest BCUT2D eigenvalue weighted by molar-refractivity contribution is 0.262. The van der Waals surface area contributed by atoms with E-state index in [0.29, 0.717) is 0 Å². The molecule has 1 N–H and O–H groups in total. The molecule has 2 atom stereocenters. The number of hydrogen-bond acceptors (Lipinski definition) is 2. The van der Waals surface area contributed by atoms with Gasteiger partial charge in [-0.15, -0.1) is 11.6 Å². The largest absolute Gasteiger partial charge is 0.396 e. The number of rotatable bonds is 4. The molecular formula is C9H10ClN3O. The fraction of sp³-hybridized carbons (Fsp3) is 0.333. The average molecular weight is 212 g/mol. The average Bonchev–Trinajstić information content (AvgIpc) is 2.26. The molecule has 0 aliphatic carbocycles. The van der Waals surface area contributed by atoms with E-state index in [1.807, 2.05) is 30.3 Å². The lowest BCUT2D eigenvalue weighted by Gasteiger charge is -2.14. The Kier molecular flexibility index (Phi) is 4.26. The van der Waals surface area contributed by atoms with Crippen molar-refractivity contribution in [2.45, 2.75) is 11.4 Å². The van der Waals surface area contributed by atoms with Crippen LogP contribution in [-0.4, -0.2) is 17.8 Å². The van der Waals surface area contributed by atoms with Gasteiger partial charge < -0.3 is 5.11 Å². The monoisotopic (exact) mass is 211 g/mol. The van der Waals surface area contributed by atoms with Gasteiger partial charge in [-0.05, 0) is 11.1 Å². The Labute approximate surface area is 86.8 Å². The SMILES string of the molecule is [N-]=[N+]=NC(CO)C(Cl)c1ccccc1. The summed E-state index contributed by atoms with van der Waals surface area (Å²) in [6.45, 7) is -0.257. The van der Waals surface area contributed by atoms with Gasteiger partial charge in [-0.1, -0.05) is 35.4 Å². The molecule has 0 spiro atoms. The molecule has 0 saturated carbocycles. The van der Waals surface area contributed by atoms with E-state index >= 15 is 0 Å². The van der Waals surface area contributed by atoms with E-state index < -0.39 is 11.4 Å². The van der Waals surface area contributed by atoms with Gasteiger partial charge in [0.1, 0.15) is 0 Å². The molecule has 0 aliphatic heterocycles. The number of nitrogens with zero attached hydrogens (tertiary/aromatic N) is 3. The summed E-state index contributed by atoms with van der Waals surface area (Å²) in [6, 6.07) is 8.59. The van der Waals surface area contributed by atoms with E-state index in [-0.39, 0.29) is 6.61 Å². The zero-order valence-corrected chi connectivity index (χ0v) is 8.17. The minimum absolute atomic E-state index is 0.257. The highest BCUT2D eigenvalue weighted by Crippen LogP contribution is 2.25. The Bertz CT molecular complexity index is 324. The lowest BCUT2D eigenvalue weighted by Crippen LogP contribution is -2.15. The van der Waals surface area contributed by atoms with E-state index in [2.05, 4.69) is 10.0 Å². The topological polar surface area (TPSA) is 69.0 Å². The summed E-state index contributed by atoms with van der Waals surface area (Å²) in [6.07, 6.45) is 0. The van der Waals surface area contributed by atoms with Gasteiger partial charge in [0.15, 0.2) is 0 Å². The molecule has 0 fully saturated rings. The maximum Gasteiger partial charge on any atom is 0.0809 e. The first kappa shape index (κ1) is 10.9. The first-order valence-corrected chi connectivity index (χ1v) is 4.57. The van der Waals surface area contributed by atoms with Gasteiger partial charge in [0, 0.05) is 4.91 Å². The van der Waals surface area contributed by atoms with Crippen molar-refractivity contribution in [3.05, 3.63) is 46.3 Å². The van der Waals surface area contributed by atoms with Crippen molar-refractivity contribution in [3.63, 3.8) is 0 Å². The zero-order chi connectivity index (χ0) is 10.4. The number of azide groups is 1. The summed E-state index contributed by atoms with van der Waals surface area (Å²) in [5, 5.41) is 11.9. The summed E-state index contributed by atoms with van der Waals surface area (Å²) in [7, 11) is 0. The van der Waals surface area contributed by atoms with Gasteiger partial charge in [-0.3, -0.25) is 0 Å². The molecule has 0 aliphatic rings. The van der Waals surface area contributed by atoms with E-state index in [0.717, 1.165) is 5.56 Å². The van der Waals surface area contributed by atoms with Crippen LogP contribution in [0.25, 0.3) is 10.4 Å². The molecule has 0 heterocycles. The lowest BCUT2D eigenvalue weighted by atomic mass is 10.1. The molecule has 1 aromatic carbocycles. The first-order valence-electron chi connectivity index (χ1n) is 4.13. The minimum atomic E-state index is -0.621. The highest BCUT2D eigenvalue weighted by Gasteiger charge is 2.18. The summed E-state index contributed by atoms with van der Waals surface area (Å²) in [4.78, 5) is 2.63. The molecule has 0 amide bonds. The normalized spacial score (nSPS) is 14.1. The third-order valence-corrected chi connectivity index (χ3v) is 2.39. The fourth-order valence-electron chi connectivity index (χ4n) is 1.11. The van der Waals surface area contributed by atoms with Gasteiger partial charge >= 0.3 is 0 Å². The van der Waals surface area contributed by atoms with Gasteiger partial charge in [-0.2, -0.15) is 0 Å². The molecule has 0 aromatic heterocycles. The standard InChI is InChI=1S/C9H10ClN3O/c10-9(8(6-14)12-13-11)7-4-2-1-3-5-7/h1-5,8-9,14H,6H2. The van der Waals surface area contributed by atoms with Crippen LogP contribution in [0.15, 0.2) is 35.4 Å². The van der Waals surface area contributed by atoms with Gasteiger partial charge in [0.25, 0.3) is 0 Å². The molecule has 0 saturated heterocycles. The Morgan fingerprint density at radius 3 is 2.57 bits per heavy atom. The second-order valence-electron chi connectivity index (χ2n) is 2.77. The van der Waals surface area contributed by atoms with Gasteiger partial charge in [0.05, 0.1) is 18.0 Å². The van der Waals surface area contributed by atoms with E-state index in [1.165, 1.54) is 0 Å². The van der Waals surface area contributed by atoms with Crippen molar-refractivity contribution >= 4 is 11.6 Å². The zero-order valence-electron chi connectivity index (χ0n) is 7.42. The van der Waals surface area contributed by atoms with Crippen molar-refractivity contribution in [3.8, 4) is 0 Å². The number of benzene rings is 1. The molecule has 1 rings (SSSR count). The van der Waals surface area contributed by atoms with Gasteiger partial charge in [-0.25, -0.2) is 0 Å². The third-order valence-electron chi connectivity index (χ3n) is 1.84. The van der Waals surface area contributed by atoms with Crippen LogP contribution in [0.3, 0.4) is 0 Å². The Morgan fingerprint density at radius 2 is 2.07 bits per heavy atom. The van der Waals surface area contributed by atoms with Crippen LogP contribution in [0.5, 0.6) is 0 Å². The third kappa shape index (κ3) is 2.64. The second kappa shape index (κ2) is 5.50. The maximum absolute atomic E-state index is 8.94. The molecule has 2 unspecified atom stereocenters. The number of aliphatic hydroxyl groups is 1. The second-order valence-corrected chi connectivity index (χ2v) is 3.24. The first-order chi connectivity index (χ1) is 6.79. The molecule has 14 heavy (non-hydrogen) atoms. The quantitative estimate of drug-likeness (QED) is 0.354. The van der Waals surface area contributed by atoms with Crippen LogP contribution in [-0.2, 0) is 0 Å². The van der Waals surface area contributed by atoms with Crippen molar-refractivity contribution < 1.29 is 5.11 Å². The molecule has 1 aromatic rings. The smallest absolute Gasteiger partial charge is 0.0809 e. The van der Waals surface area contributed by atoms with E-state index in [9.17, 15) is 0 Å². The Morgan fingerprint density at radius 1 is 1.43 bits per heavy atom. The predicted molar refractivity (Wildman–Crippen MR) is 55.1 cm³/mol. The molecule has 4 nitrogen and oxygen atoms in total. The number of hydrogen-bond donors (Lipinski definition) is 1. The van der Waals surface area contributed by atoms with E-state index in [1.54, 1.807) is 0 Å². The highest BCUT2D eigenvalue weighted by atomic mass is 35.5. The molecule has 0 bridgehead atoms. The number of aliphatic hydroxyl groups excluding tert-OH is 1. The van der Waals surface area contributed by atoms with Crippen molar-refractivity contribution in [1.29, 1.82) is 0 Å². The van der Waals surface area contributed by atoms with Crippen molar-refractivity contribution in [1.82, 2.24) is 0 Å². The molecule has 74 valence electrons. The molecular weight excluding hydrogens is 202 g/mol. The Hall–Kier alpha value is -1.22. The maximum atomic E-state index is 8.94. The van der Waals surface area contributed by atoms with Crippen LogP contribution in [0.4, 0.5) is 0 Å². The fourth-order valence-corrected chi connectivity index (χ4v) is 1.39. The Balaban J connectivity index is 2.82. The molecule has 0 radical (unpaired) electrons. The van der Waals surface area contributed by atoms with Crippen molar-refractivity contribution in [2.24, 2.45) is 5.11 Å². The number of alkyl halides is 1.